The molecule has 0 amide bonds. The number of pyridine rings is 1. The van der Waals surface area contributed by atoms with Crippen molar-refractivity contribution in [2.45, 2.75) is 44.9 Å². The Hall–Kier alpha value is -1.11. The summed E-state index contributed by atoms with van der Waals surface area (Å²) in [6.07, 6.45) is 14.4. The highest BCUT2D eigenvalue weighted by molar-refractivity contribution is 5.66. The molecule has 1 aromatic rings. The zero-order valence-corrected chi connectivity index (χ0v) is 10.7. The monoisotopic (exact) mass is 225 g/mol. The van der Waals surface area contributed by atoms with Crippen molar-refractivity contribution >= 4 is 6.08 Å². The second-order valence-electron chi connectivity index (χ2n) is 6.76. The van der Waals surface area contributed by atoms with Crippen molar-refractivity contribution in [3.05, 3.63) is 35.7 Å². The van der Waals surface area contributed by atoms with E-state index >= 15 is 0 Å². The van der Waals surface area contributed by atoms with Gasteiger partial charge in [0, 0.05) is 23.2 Å². The highest BCUT2D eigenvalue weighted by atomic mass is 14.8. The van der Waals surface area contributed by atoms with Gasteiger partial charge in [-0.2, -0.15) is 0 Å². The molecule has 0 aliphatic heterocycles. The minimum Gasteiger partial charge on any atom is -0.264 e. The molecule has 1 heteroatoms. The van der Waals surface area contributed by atoms with E-state index in [9.17, 15) is 0 Å². The molecule has 0 N–H and O–H groups in total. The third-order valence-electron chi connectivity index (χ3n) is 5.84. The zero-order valence-electron chi connectivity index (χ0n) is 10.7. The summed E-state index contributed by atoms with van der Waals surface area (Å²) >= 11 is 0. The van der Waals surface area contributed by atoms with Crippen LogP contribution in [0.4, 0.5) is 0 Å². The molecule has 2 saturated carbocycles. The largest absolute Gasteiger partial charge is 0.264 e. The zero-order chi connectivity index (χ0) is 11.7. The lowest BCUT2D eigenvalue weighted by atomic mass is 9.60. The number of hydrogen-bond acceptors (Lipinski definition) is 1. The van der Waals surface area contributed by atoms with E-state index in [1.807, 2.05) is 6.20 Å². The fraction of sp³-hybridized carbons (Fsp3) is 0.562. The second kappa shape index (κ2) is 2.66. The van der Waals surface area contributed by atoms with E-state index in [0.29, 0.717) is 16.2 Å². The van der Waals surface area contributed by atoms with E-state index in [-0.39, 0.29) is 0 Å². The molecule has 4 rings (SSSR count). The van der Waals surface area contributed by atoms with E-state index in [0.717, 1.165) is 0 Å². The van der Waals surface area contributed by atoms with Crippen LogP contribution in [0.15, 0.2) is 24.5 Å². The van der Waals surface area contributed by atoms with Crippen LogP contribution in [-0.4, -0.2) is 4.98 Å². The number of aromatic nitrogens is 1. The first-order chi connectivity index (χ1) is 8.11. The topological polar surface area (TPSA) is 12.9 Å². The van der Waals surface area contributed by atoms with Gasteiger partial charge in [-0.25, -0.2) is 0 Å². The summed E-state index contributed by atoms with van der Waals surface area (Å²) in [6, 6.07) is 2.17. The molecule has 0 aromatic carbocycles. The van der Waals surface area contributed by atoms with Crippen LogP contribution in [0.1, 0.15) is 50.7 Å². The molecule has 0 saturated heterocycles. The van der Waals surface area contributed by atoms with Gasteiger partial charge in [0.05, 0.1) is 0 Å². The SMILES string of the molecule is CC1(C)CCC[C@@]23C[C@@]12C=Cc1ccncc13. The molecule has 2 atom stereocenters. The molecular formula is C16H19N. The quantitative estimate of drug-likeness (QED) is 0.651. The summed E-state index contributed by atoms with van der Waals surface area (Å²) < 4.78 is 0. The van der Waals surface area contributed by atoms with Crippen LogP contribution < -0.4 is 0 Å². The van der Waals surface area contributed by atoms with Crippen LogP contribution in [0.2, 0.25) is 0 Å². The first-order valence-electron chi connectivity index (χ1n) is 6.75. The predicted molar refractivity (Wildman–Crippen MR) is 69.6 cm³/mol. The van der Waals surface area contributed by atoms with E-state index in [4.69, 9.17) is 0 Å². The maximum Gasteiger partial charge on any atom is 0.0311 e. The molecule has 1 nitrogen and oxygen atoms in total. The van der Waals surface area contributed by atoms with Gasteiger partial charge in [0.15, 0.2) is 0 Å². The number of hydrogen-bond donors (Lipinski definition) is 0. The minimum absolute atomic E-state index is 0.438. The van der Waals surface area contributed by atoms with Crippen LogP contribution in [0.25, 0.3) is 6.08 Å². The number of allylic oxidation sites excluding steroid dienone is 1. The third-order valence-corrected chi connectivity index (χ3v) is 5.84. The van der Waals surface area contributed by atoms with Crippen molar-refractivity contribution in [1.29, 1.82) is 0 Å². The Labute approximate surface area is 103 Å². The fourth-order valence-electron chi connectivity index (χ4n) is 4.78. The number of rotatable bonds is 0. The molecule has 1 heterocycles. The van der Waals surface area contributed by atoms with Crippen molar-refractivity contribution in [1.82, 2.24) is 4.98 Å². The lowest BCUT2D eigenvalue weighted by Crippen LogP contribution is -2.37. The first-order valence-corrected chi connectivity index (χ1v) is 6.75. The molecule has 1 aromatic heterocycles. The Balaban J connectivity index is 1.96. The van der Waals surface area contributed by atoms with Crippen LogP contribution in [0.3, 0.4) is 0 Å². The Bertz CT molecular complexity index is 528. The molecule has 3 aliphatic rings. The van der Waals surface area contributed by atoms with E-state index in [1.54, 1.807) is 0 Å². The highest BCUT2D eigenvalue weighted by Crippen LogP contribution is 2.79. The minimum atomic E-state index is 0.438. The molecule has 0 spiro atoms. The van der Waals surface area contributed by atoms with E-state index < -0.39 is 0 Å². The molecule has 0 bridgehead atoms. The summed E-state index contributed by atoms with van der Waals surface area (Å²) in [5.41, 5.74) is 4.26. The van der Waals surface area contributed by atoms with Gasteiger partial charge >= 0.3 is 0 Å². The standard InChI is InChI=1S/C16H19N/c1-14(2)6-3-7-15-11-16(14,15)8-4-12-5-9-17-10-13(12)15/h4-5,8-10H,3,6-7,11H2,1-2H3/t15-,16-/m0/s1. The van der Waals surface area contributed by atoms with Crippen molar-refractivity contribution < 1.29 is 0 Å². The maximum atomic E-state index is 4.37. The van der Waals surface area contributed by atoms with Crippen molar-refractivity contribution in [3.63, 3.8) is 0 Å². The second-order valence-corrected chi connectivity index (χ2v) is 6.76. The lowest BCUT2D eigenvalue weighted by Gasteiger charge is -2.44. The predicted octanol–water partition coefficient (Wildman–Crippen LogP) is 3.95. The van der Waals surface area contributed by atoms with Gasteiger partial charge in [-0.3, -0.25) is 4.98 Å². The Morgan fingerprint density at radius 3 is 3.00 bits per heavy atom. The average molecular weight is 225 g/mol. The van der Waals surface area contributed by atoms with Crippen molar-refractivity contribution in [3.8, 4) is 0 Å². The van der Waals surface area contributed by atoms with Gasteiger partial charge in [-0.05, 0) is 41.9 Å². The maximum absolute atomic E-state index is 4.37. The highest BCUT2D eigenvalue weighted by Gasteiger charge is 2.74. The molecule has 88 valence electrons. The lowest BCUT2D eigenvalue weighted by molar-refractivity contribution is 0.142. The van der Waals surface area contributed by atoms with Crippen molar-refractivity contribution in [2.75, 3.05) is 0 Å². The summed E-state index contributed by atoms with van der Waals surface area (Å²) in [6.45, 7) is 4.92. The van der Waals surface area contributed by atoms with Crippen LogP contribution in [0.5, 0.6) is 0 Å². The van der Waals surface area contributed by atoms with Crippen LogP contribution in [-0.2, 0) is 5.41 Å². The summed E-state index contributed by atoms with van der Waals surface area (Å²) in [7, 11) is 0. The van der Waals surface area contributed by atoms with Crippen LogP contribution in [0, 0.1) is 10.8 Å². The molecular weight excluding hydrogens is 206 g/mol. The van der Waals surface area contributed by atoms with Gasteiger partial charge in [0.1, 0.15) is 0 Å². The molecule has 0 unspecified atom stereocenters. The fourth-order valence-corrected chi connectivity index (χ4v) is 4.78. The smallest absolute Gasteiger partial charge is 0.0311 e. The van der Waals surface area contributed by atoms with Gasteiger partial charge in [0.2, 0.25) is 0 Å². The number of nitrogens with zero attached hydrogens (tertiary/aromatic N) is 1. The summed E-state index contributed by atoms with van der Waals surface area (Å²) in [4.78, 5) is 4.37. The van der Waals surface area contributed by atoms with Gasteiger partial charge in [-0.1, -0.05) is 32.4 Å². The van der Waals surface area contributed by atoms with Gasteiger partial charge < -0.3 is 0 Å². The Kier molecular flexibility index (Phi) is 1.54. The van der Waals surface area contributed by atoms with Crippen LogP contribution >= 0.6 is 0 Å². The number of fused-ring (bicyclic) bond motifs is 1. The Morgan fingerprint density at radius 2 is 2.12 bits per heavy atom. The molecule has 2 fully saturated rings. The van der Waals surface area contributed by atoms with Gasteiger partial charge in [-0.15, -0.1) is 0 Å². The normalized spacial score (nSPS) is 40.1. The van der Waals surface area contributed by atoms with E-state index in [1.165, 1.54) is 36.8 Å². The molecule has 0 radical (unpaired) electrons. The first kappa shape index (κ1) is 9.87. The molecule has 3 aliphatic carbocycles. The third kappa shape index (κ3) is 0.919. The summed E-state index contributed by atoms with van der Waals surface area (Å²) in [5, 5.41) is 0. The van der Waals surface area contributed by atoms with E-state index in [2.05, 4.69) is 43.2 Å². The van der Waals surface area contributed by atoms with Gasteiger partial charge in [0.25, 0.3) is 0 Å². The summed E-state index contributed by atoms with van der Waals surface area (Å²) in [5.74, 6) is 0. The Morgan fingerprint density at radius 1 is 1.24 bits per heavy atom. The average Bonchev–Trinajstić information content (AvgIpc) is 3.01. The molecule has 17 heavy (non-hydrogen) atoms. The van der Waals surface area contributed by atoms with Crippen molar-refractivity contribution in [2.24, 2.45) is 10.8 Å².